The Balaban J connectivity index is 2.36. The molecule has 0 fully saturated rings. The van der Waals surface area contributed by atoms with Crippen molar-refractivity contribution in [2.45, 2.75) is 19.1 Å². The van der Waals surface area contributed by atoms with Crippen molar-refractivity contribution in [2.24, 2.45) is 0 Å². The molecular formula is C16H16F3NO4. The molecule has 0 spiro atoms. The van der Waals surface area contributed by atoms with E-state index in [9.17, 15) is 18.0 Å². The lowest BCUT2D eigenvalue weighted by Gasteiger charge is -2.23. The van der Waals surface area contributed by atoms with E-state index in [2.05, 4.69) is 0 Å². The van der Waals surface area contributed by atoms with Gasteiger partial charge in [0.2, 0.25) is 0 Å². The summed E-state index contributed by atoms with van der Waals surface area (Å²) in [5.41, 5.74) is -0.126. The maximum absolute atomic E-state index is 13.4. The molecule has 1 aromatic heterocycles. The second kappa shape index (κ2) is 6.86. The lowest BCUT2D eigenvalue weighted by molar-refractivity contribution is -0.155. The molecule has 1 N–H and O–H groups in total. The molecule has 0 unspecified atom stereocenters. The van der Waals surface area contributed by atoms with Crippen LogP contribution in [-0.4, -0.2) is 26.3 Å². The Kier molecular flexibility index (Phi) is 5.06. The fourth-order valence-corrected chi connectivity index (χ4v) is 2.22. The van der Waals surface area contributed by atoms with Crippen molar-refractivity contribution in [1.82, 2.24) is 5.32 Å². The van der Waals surface area contributed by atoms with Crippen molar-refractivity contribution in [2.75, 3.05) is 14.2 Å². The normalized spacial score (nSPS) is 12.6. The molecule has 8 heteroatoms. The SMILES string of the molecule is COc1ccc([C@@H](NC(=O)c2ccoc2C)C(F)(F)F)cc1OC. The average molecular weight is 343 g/mol. The third-order valence-electron chi connectivity index (χ3n) is 3.45. The minimum atomic E-state index is -4.69. The van der Waals surface area contributed by atoms with Gasteiger partial charge in [-0.3, -0.25) is 4.79 Å². The molecule has 0 aliphatic carbocycles. The van der Waals surface area contributed by atoms with Crippen LogP contribution in [0.3, 0.4) is 0 Å². The first-order valence-corrected chi connectivity index (χ1v) is 6.91. The Bertz CT molecular complexity index is 724. The van der Waals surface area contributed by atoms with E-state index < -0.39 is 18.1 Å². The molecule has 130 valence electrons. The zero-order valence-electron chi connectivity index (χ0n) is 13.2. The van der Waals surface area contributed by atoms with Crippen molar-refractivity contribution < 1.29 is 31.9 Å². The van der Waals surface area contributed by atoms with E-state index in [1.54, 1.807) is 0 Å². The fourth-order valence-electron chi connectivity index (χ4n) is 2.22. The Hall–Kier alpha value is -2.64. The molecule has 2 aromatic rings. The Morgan fingerprint density at radius 1 is 1.17 bits per heavy atom. The van der Waals surface area contributed by atoms with Gasteiger partial charge in [0.1, 0.15) is 5.76 Å². The lowest BCUT2D eigenvalue weighted by Crippen LogP contribution is -2.38. The van der Waals surface area contributed by atoms with Gasteiger partial charge >= 0.3 is 6.18 Å². The maximum atomic E-state index is 13.4. The van der Waals surface area contributed by atoms with Gasteiger partial charge < -0.3 is 19.2 Å². The smallest absolute Gasteiger partial charge is 0.412 e. The predicted molar refractivity (Wildman–Crippen MR) is 79.3 cm³/mol. The van der Waals surface area contributed by atoms with Gasteiger partial charge in [-0.1, -0.05) is 6.07 Å². The molecular weight excluding hydrogens is 327 g/mol. The predicted octanol–water partition coefficient (Wildman–Crippen LogP) is 3.64. The van der Waals surface area contributed by atoms with Crippen LogP contribution in [0, 0.1) is 6.92 Å². The Labute approximate surface area is 136 Å². The fraction of sp³-hybridized carbons (Fsp3) is 0.312. The number of benzene rings is 1. The Morgan fingerprint density at radius 3 is 2.33 bits per heavy atom. The minimum absolute atomic E-state index is 0.0460. The molecule has 0 saturated carbocycles. The average Bonchev–Trinajstić information content (AvgIpc) is 2.96. The van der Waals surface area contributed by atoms with Crippen LogP contribution in [0.15, 0.2) is 34.9 Å². The highest BCUT2D eigenvalue weighted by Crippen LogP contribution is 2.37. The molecule has 0 bridgehead atoms. The quantitative estimate of drug-likeness (QED) is 0.900. The number of amides is 1. The highest BCUT2D eigenvalue weighted by Gasteiger charge is 2.42. The molecule has 2 rings (SSSR count). The van der Waals surface area contributed by atoms with Gasteiger partial charge in [-0.05, 0) is 30.7 Å². The van der Waals surface area contributed by atoms with Crippen LogP contribution in [0.25, 0.3) is 0 Å². The van der Waals surface area contributed by atoms with E-state index in [0.29, 0.717) is 5.75 Å². The van der Waals surface area contributed by atoms with Gasteiger partial charge in [0.05, 0.1) is 26.0 Å². The van der Waals surface area contributed by atoms with Crippen LogP contribution >= 0.6 is 0 Å². The second-order valence-corrected chi connectivity index (χ2v) is 4.95. The number of halogens is 3. The molecule has 1 aromatic carbocycles. The molecule has 1 heterocycles. The van der Waals surface area contributed by atoms with Gasteiger partial charge in [0.15, 0.2) is 17.5 Å². The molecule has 1 amide bonds. The van der Waals surface area contributed by atoms with Crippen LogP contribution in [0.4, 0.5) is 13.2 Å². The second-order valence-electron chi connectivity index (χ2n) is 4.95. The third-order valence-corrected chi connectivity index (χ3v) is 3.45. The molecule has 1 atom stereocenters. The number of rotatable bonds is 5. The largest absolute Gasteiger partial charge is 0.493 e. The summed E-state index contributed by atoms with van der Waals surface area (Å²) in [6.07, 6.45) is -3.45. The monoisotopic (exact) mass is 343 g/mol. The van der Waals surface area contributed by atoms with Crippen LogP contribution in [0.2, 0.25) is 0 Å². The number of ether oxygens (including phenoxy) is 2. The van der Waals surface area contributed by atoms with Crippen LogP contribution in [0.1, 0.15) is 27.7 Å². The summed E-state index contributed by atoms with van der Waals surface area (Å²) in [5.74, 6) is -0.212. The zero-order valence-corrected chi connectivity index (χ0v) is 13.2. The first-order chi connectivity index (χ1) is 11.3. The van der Waals surface area contributed by atoms with E-state index in [1.807, 2.05) is 5.32 Å². The van der Waals surface area contributed by atoms with Gasteiger partial charge in [0.25, 0.3) is 5.91 Å². The zero-order chi connectivity index (χ0) is 17.9. The van der Waals surface area contributed by atoms with E-state index in [0.717, 1.165) is 0 Å². The van der Waals surface area contributed by atoms with Gasteiger partial charge in [-0.25, -0.2) is 0 Å². The van der Waals surface area contributed by atoms with Gasteiger partial charge in [0, 0.05) is 0 Å². The number of nitrogens with one attached hydrogen (secondary N) is 1. The highest BCUT2D eigenvalue weighted by molar-refractivity contribution is 5.95. The molecule has 0 radical (unpaired) electrons. The minimum Gasteiger partial charge on any atom is -0.493 e. The first kappa shape index (κ1) is 17.7. The van der Waals surface area contributed by atoms with Crippen LogP contribution < -0.4 is 14.8 Å². The van der Waals surface area contributed by atoms with E-state index in [4.69, 9.17) is 13.9 Å². The van der Waals surface area contributed by atoms with Crippen molar-refractivity contribution in [3.8, 4) is 11.5 Å². The first-order valence-electron chi connectivity index (χ1n) is 6.91. The summed E-state index contributed by atoms with van der Waals surface area (Å²) in [6.45, 7) is 1.49. The highest BCUT2D eigenvalue weighted by atomic mass is 19.4. The van der Waals surface area contributed by atoms with Crippen LogP contribution in [0.5, 0.6) is 11.5 Å². The number of aryl methyl sites for hydroxylation is 1. The summed E-state index contributed by atoms with van der Waals surface area (Å²) < 4.78 is 55.2. The van der Waals surface area contributed by atoms with Gasteiger partial charge in [-0.15, -0.1) is 0 Å². The molecule has 0 aliphatic rings. The number of carbonyl (C=O) groups is 1. The van der Waals surface area contributed by atoms with E-state index in [1.165, 1.54) is 51.7 Å². The molecule has 5 nitrogen and oxygen atoms in total. The van der Waals surface area contributed by atoms with E-state index >= 15 is 0 Å². The summed E-state index contributed by atoms with van der Waals surface area (Å²) in [5, 5.41) is 1.98. The number of carbonyl (C=O) groups excluding carboxylic acids is 1. The third kappa shape index (κ3) is 3.64. The van der Waals surface area contributed by atoms with Gasteiger partial charge in [-0.2, -0.15) is 13.2 Å². The molecule has 0 saturated heterocycles. The standard InChI is InChI=1S/C16H16F3NO4/c1-9-11(6-7-24-9)15(21)20-14(16(17,18)19)10-4-5-12(22-2)13(8-10)23-3/h4-8,14H,1-3H3,(H,20,21)/t14-/m1/s1. The van der Waals surface area contributed by atoms with Crippen LogP contribution in [-0.2, 0) is 0 Å². The van der Waals surface area contributed by atoms with Crippen molar-refractivity contribution in [3.05, 3.63) is 47.4 Å². The number of hydrogen-bond donors (Lipinski definition) is 1. The van der Waals surface area contributed by atoms with Crippen molar-refractivity contribution in [1.29, 1.82) is 0 Å². The number of hydrogen-bond acceptors (Lipinski definition) is 4. The summed E-state index contributed by atoms with van der Waals surface area (Å²) in [6, 6.07) is 2.87. The molecule has 24 heavy (non-hydrogen) atoms. The van der Waals surface area contributed by atoms with Crippen molar-refractivity contribution >= 4 is 5.91 Å². The van der Waals surface area contributed by atoms with E-state index in [-0.39, 0.29) is 22.6 Å². The topological polar surface area (TPSA) is 60.7 Å². The summed E-state index contributed by atoms with van der Waals surface area (Å²) >= 11 is 0. The molecule has 0 aliphatic heterocycles. The summed E-state index contributed by atoms with van der Waals surface area (Å²) in [7, 11) is 2.69. The summed E-state index contributed by atoms with van der Waals surface area (Å²) in [4.78, 5) is 12.1. The maximum Gasteiger partial charge on any atom is 0.412 e. The number of furan rings is 1. The Morgan fingerprint density at radius 2 is 1.83 bits per heavy atom. The number of alkyl halides is 3. The van der Waals surface area contributed by atoms with Crippen molar-refractivity contribution in [3.63, 3.8) is 0 Å². The number of methoxy groups -OCH3 is 2. The lowest BCUT2D eigenvalue weighted by atomic mass is 10.0.